The van der Waals surface area contributed by atoms with Gasteiger partial charge in [0.15, 0.2) is 10.4 Å². The highest BCUT2D eigenvalue weighted by atomic mass is 79.9. The van der Waals surface area contributed by atoms with Crippen molar-refractivity contribution in [2.45, 2.75) is 20.3 Å². The number of amides is 1. The first kappa shape index (κ1) is 15.5. The van der Waals surface area contributed by atoms with Crippen molar-refractivity contribution < 1.29 is 13.6 Å². The molecule has 0 saturated heterocycles. The van der Waals surface area contributed by atoms with Crippen molar-refractivity contribution in [1.29, 1.82) is 0 Å². The molecule has 0 aliphatic carbocycles. The molecule has 1 N–H and O–H groups in total. The van der Waals surface area contributed by atoms with Gasteiger partial charge in [0.05, 0.1) is 6.42 Å². The Balaban J connectivity index is 1.67. The summed E-state index contributed by atoms with van der Waals surface area (Å²) in [6.45, 7) is 4.00. The highest BCUT2D eigenvalue weighted by Gasteiger charge is 2.14. The highest BCUT2D eigenvalue weighted by Crippen LogP contribution is 2.25. The predicted octanol–water partition coefficient (Wildman–Crippen LogP) is 3.89. The number of hydrogen-bond donors (Lipinski definition) is 1. The van der Waals surface area contributed by atoms with Crippen LogP contribution in [0.3, 0.4) is 0 Å². The maximum absolute atomic E-state index is 12.1. The maximum atomic E-state index is 12.1. The Kier molecular flexibility index (Phi) is 4.29. The van der Waals surface area contributed by atoms with Crippen LogP contribution in [0, 0.1) is 13.8 Å². The van der Waals surface area contributed by atoms with E-state index in [0.717, 1.165) is 16.7 Å². The Morgan fingerprint density at radius 3 is 2.70 bits per heavy atom. The molecule has 0 atom stereocenters. The van der Waals surface area contributed by atoms with Gasteiger partial charge in [0.1, 0.15) is 0 Å². The lowest BCUT2D eigenvalue weighted by atomic mass is 10.0. The Bertz CT molecular complexity index is 854. The average Bonchev–Trinajstić information content (AvgIpc) is 3.11. The molecule has 0 spiro atoms. The number of hydrogen-bond acceptors (Lipinski definition) is 5. The molecule has 1 aromatic carbocycles. The van der Waals surface area contributed by atoms with Gasteiger partial charge in [-0.2, -0.15) is 0 Å². The molecule has 2 heterocycles. The molecule has 23 heavy (non-hydrogen) atoms. The molecule has 0 aliphatic rings. The van der Waals surface area contributed by atoms with E-state index in [1.807, 2.05) is 32.0 Å². The van der Waals surface area contributed by atoms with E-state index in [1.54, 1.807) is 12.1 Å². The zero-order valence-electron chi connectivity index (χ0n) is 12.6. The third kappa shape index (κ3) is 3.68. The van der Waals surface area contributed by atoms with Crippen LogP contribution in [-0.2, 0) is 11.2 Å². The van der Waals surface area contributed by atoms with Gasteiger partial charge < -0.3 is 8.83 Å². The number of carbonyl (C=O) groups excluding carboxylic acids is 1. The van der Waals surface area contributed by atoms with Gasteiger partial charge in [0, 0.05) is 0 Å². The normalized spacial score (nSPS) is 10.7. The molecule has 0 unspecified atom stereocenters. The monoisotopic (exact) mass is 375 g/mol. The van der Waals surface area contributed by atoms with Gasteiger partial charge in [-0.1, -0.05) is 28.9 Å². The van der Waals surface area contributed by atoms with Gasteiger partial charge in [0.25, 0.3) is 5.89 Å². The van der Waals surface area contributed by atoms with Crippen molar-refractivity contribution in [3.8, 4) is 11.7 Å². The van der Waals surface area contributed by atoms with Crippen LogP contribution in [0.5, 0.6) is 0 Å². The number of anilines is 1. The van der Waals surface area contributed by atoms with E-state index < -0.39 is 0 Å². The number of nitrogens with zero attached hydrogens (tertiary/aromatic N) is 2. The molecule has 0 aliphatic heterocycles. The molecular formula is C16H14BrN3O3. The molecule has 3 rings (SSSR count). The summed E-state index contributed by atoms with van der Waals surface area (Å²) in [5.41, 5.74) is 3.20. The Labute approximate surface area is 141 Å². The van der Waals surface area contributed by atoms with Crippen molar-refractivity contribution in [3.05, 3.63) is 51.7 Å². The third-order valence-corrected chi connectivity index (χ3v) is 3.73. The molecule has 2 aromatic heterocycles. The summed E-state index contributed by atoms with van der Waals surface area (Å²) in [5.74, 6) is 0.421. The van der Waals surface area contributed by atoms with E-state index in [9.17, 15) is 4.79 Å². The lowest BCUT2D eigenvalue weighted by molar-refractivity contribution is -0.115. The summed E-state index contributed by atoms with van der Waals surface area (Å²) in [6.07, 6.45) is 0.246. The van der Waals surface area contributed by atoms with Gasteiger partial charge in [-0.25, -0.2) is 0 Å². The SMILES string of the molecule is Cc1ccc(CC(=O)Nc2nnc(-c3ccc(Br)o3)o2)c(C)c1. The van der Waals surface area contributed by atoms with E-state index in [1.165, 1.54) is 0 Å². The molecule has 0 bridgehead atoms. The van der Waals surface area contributed by atoms with Crippen LogP contribution >= 0.6 is 15.9 Å². The number of rotatable bonds is 4. The van der Waals surface area contributed by atoms with E-state index in [-0.39, 0.29) is 24.2 Å². The Hall–Kier alpha value is -2.41. The van der Waals surface area contributed by atoms with Gasteiger partial charge in [0.2, 0.25) is 5.91 Å². The van der Waals surface area contributed by atoms with Gasteiger partial charge in [-0.05, 0) is 53.0 Å². The van der Waals surface area contributed by atoms with Crippen molar-refractivity contribution >= 4 is 27.9 Å². The Morgan fingerprint density at radius 2 is 2.00 bits per heavy atom. The first-order valence-electron chi connectivity index (χ1n) is 6.96. The molecule has 3 aromatic rings. The fraction of sp³-hybridized carbons (Fsp3) is 0.188. The summed E-state index contributed by atoms with van der Waals surface area (Å²) in [6, 6.07) is 9.43. The van der Waals surface area contributed by atoms with Crippen LogP contribution in [0.15, 0.2) is 43.8 Å². The van der Waals surface area contributed by atoms with E-state index in [0.29, 0.717) is 10.4 Å². The Morgan fingerprint density at radius 1 is 1.17 bits per heavy atom. The van der Waals surface area contributed by atoms with Crippen LogP contribution in [0.25, 0.3) is 11.7 Å². The minimum Gasteiger partial charge on any atom is -0.444 e. The van der Waals surface area contributed by atoms with Crippen molar-refractivity contribution in [3.63, 3.8) is 0 Å². The van der Waals surface area contributed by atoms with Crippen molar-refractivity contribution in [2.24, 2.45) is 0 Å². The van der Waals surface area contributed by atoms with Crippen LogP contribution in [0.4, 0.5) is 6.01 Å². The molecule has 1 amide bonds. The average molecular weight is 376 g/mol. The topological polar surface area (TPSA) is 81.2 Å². The lowest BCUT2D eigenvalue weighted by Crippen LogP contribution is -2.15. The number of halogens is 1. The van der Waals surface area contributed by atoms with Crippen LogP contribution in [0.2, 0.25) is 0 Å². The largest absolute Gasteiger partial charge is 0.444 e. The zero-order valence-corrected chi connectivity index (χ0v) is 14.2. The van der Waals surface area contributed by atoms with E-state index in [2.05, 4.69) is 31.4 Å². The second kappa shape index (κ2) is 6.37. The molecule has 0 radical (unpaired) electrons. The maximum Gasteiger partial charge on any atom is 0.322 e. The zero-order chi connectivity index (χ0) is 16.4. The second-order valence-electron chi connectivity index (χ2n) is 5.17. The van der Waals surface area contributed by atoms with Crippen LogP contribution in [0.1, 0.15) is 16.7 Å². The van der Waals surface area contributed by atoms with Gasteiger partial charge >= 0.3 is 6.01 Å². The second-order valence-corrected chi connectivity index (χ2v) is 5.95. The number of carbonyl (C=O) groups is 1. The minimum absolute atomic E-state index is 0.0438. The standard InChI is InChI=1S/C16H14BrN3O3/c1-9-3-4-11(10(2)7-9)8-14(21)18-16-20-19-15(23-16)12-5-6-13(17)22-12/h3-7H,8H2,1-2H3,(H,18,20,21). The number of nitrogens with one attached hydrogen (secondary N) is 1. The van der Waals surface area contributed by atoms with Crippen LogP contribution < -0.4 is 5.32 Å². The van der Waals surface area contributed by atoms with E-state index >= 15 is 0 Å². The van der Waals surface area contributed by atoms with E-state index in [4.69, 9.17) is 8.83 Å². The minimum atomic E-state index is -0.215. The van der Waals surface area contributed by atoms with Crippen molar-refractivity contribution in [2.75, 3.05) is 5.32 Å². The fourth-order valence-electron chi connectivity index (χ4n) is 2.18. The first-order chi connectivity index (χ1) is 11.0. The quantitative estimate of drug-likeness (QED) is 0.747. The van der Waals surface area contributed by atoms with Crippen molar-refractivity contribution in [1.82, 2.24) is 10.2 Å². The third-order valence-electron chi connectivity index (χ3n) is 3.30. The van der Waals surface area contributed by atoms with Crippen LogP contribution in [-0.4, -0.2) is 16.1 Å². The highest BCUT2D eigenvalue weighted by molar-refractivity contribution is 9.10. The van der Waals surface area contributed by atoms with Gasteiger partial charge in [-0.15, -0.1) is 5.10 Å². The first-order valence-corrected chi connectivity index (χ1v) is 7.76. The number of furan rings is 1. The molecule has 0 fully saturated rings. The molecular weight excluding hydrogens is 362 g/mol. The summed E-state index contributed by atoms with van der Waals surface area (Å²) in [5, 5.41) is 10.2. The summed E-state index contributed by atoms with van der Waals surface area (Å²) >= 11 is 3.20. The number of benzene rings is 1. The summed E-state index contributed by atoms with van der Waals surface area (Å²) in [7, 11) is 0. The fourth-order valence-corrected chi connectivity index (χ4v) is 2.49. The van der Waals surface area contributed by atoms with Gasteiger partial charge in [-0.3, -0.25) is 10.1 Å². The summed E-state index contributed by atoms with van der Waals surface area (Å²) < 4.78 is 11.3. The lowest BCUT2D eigenvalue weighted by Gasteiger charge is -2.06. The predicted molar refractivity (Wildman–Crippen MR) is 87.9 cm³/mol. The smallest absolute Gasteiger partial charge is 0.322 e. The number of aromatic nitrogens is 2. The molecule has 7 heteroatoms. The summed E-state index contributed by atoms with van der Waals surface area (Å²) in [4.78, 5) is 12.1. The number of aryl methyl sites for hydroxylation is 2. The molecule has 0 saturated carbocycles. The molecule has 118 valence electrons. The molecule has 6 nitrogen and oxygen atoms in total.